The monoisotopic (exact) mass is 324 g/mol. The molecule has 0 spiro atoms. The molecular weight excluding hydrogens is 300 g/mol. The third-order valence-electron chi connectivity index (χ3n) is 4.57. The van der Waals surface area contributed by atoms with Crippen molar-refractivity contribution in [1.82, 2.24) is 5.32 Å². The van der Waals surface area contributed by atoms with E-state index in [1.165, 1.54) is 5.56 Å². The highest BCUT2D eigenvalue weighted by molar-refractivity contribution is 5.81. The van der Waals surface area contributed by atoms with E-state index in [-0.39, 0.29) is 12.0 Å². The number of primary amides is 1. The van der Waals surface area contributed by atoms with Gasteiger partial charge in [0.15, 0.2) is 0 Å². The molecule has 3 atom stereocenters. The second-order valence-electron chi connectivity index (χ2n) is 6.26. The van der Waals surface area contributed by atoms with Gasteiger partial charge >= 0.3 is 0 Å². The number of rotatable bonds is 6. The highest BCUT2D eigenvalue weighted by Gasteiger charge is 2.28. The van der Waals surface area contributed by atoms with Crippen LogP contribution < -0.4 is 11.1 Å². The highest BCUT2D eigenvalue weighted by atomic mass is 16.5. The fraction of sp³-hybridized carbons (Fsp3) is 0.350. The lowest BCUT2D eigenvalue weighted by Crippen LogP contribution is -2.39. The molecule has 1 fully saturated rings. The Morgan fingerprint density at radius 2 is 1.79 bits per heavy atom. The third-order valence-corrected chi connectivity index (χ3v) is 4.57. The first kappa shape index (κ1) is 16.7. The molecule has 1 saturated heterocycles. The molecule has 3 N–H and O–H groups in total. The predicted octanol–water partition coefficient (Wildman–Crippen LogP) is 2.97. The normalized spacial score (nSPS) is 22.0. The van der Waals surface area contributed by atoms with Crippen LogP contribution in [0.25, 0.3) is 0 Å². The molecule has 1 amide bonds. The molecule has 0 aliphatic carbocycles. The first-order valence-corrected chi connectivity index (χ1v) is 8.50. The summed E-state index contributed by atoms with van der Waals surface area (Å²) in [6.45, 7) is 1.48. The zero-order chi connectivity index (χ0) is 16.8. The summed E-state index contributed by atoms with van der Waals surface area (Å²) >= 11 is 0. The van der Waals surface area contributed by atoms with Gasteiger partial charge in [0.25, 0.3) is 0 Å². The van der Waals surface area contributed by atoms with E-state index in [0.717, 1.165) is 25.0 Å². The van der Waals surface area contributed by atoms with E-state index in [1.807, 2.05) is 48.5 Å². The van der Waals surface area contributed by atoms with Crippen LogP contribution in [0.15, 0.2) is 60.7 Å². The SMILES string of the molecule is NC(=O)[C@H](NC[C@H]1CCCO[C@H]1c1ccccc1)c1ccccc1. The molecule has 24 heavy (non-hydrogen) atoms. The van der Waals surface area contributed by atoms with Crippen molar-refractivity contribution in [3.05, 3.63) is 71.8 Å². The van der Waals surface area contributed by atoms with Gasteiger partial charge in [0, 0.05) is 19.1 Å². The molecule has 0 unspecified atom stereocenters. The summed E-state index contributed by atoms with van der Waals surface area (Å²) in [4.78, 5) is 11.9. The Kier molecular flexibility index (Phi) is 5.62. The van der Waals surface area contributed by atoms with Crippen LogP contribution in [-0.4, -0.2) is 19.1 Å². The quantitative estimate of drug-likeness (QED) is 0.858. The molecule has 1 aliphatic rings. The van der Waals surface area contributed by atoms with Crippen LogP contribution in [-0.2, 0) is 9.53 Å². The second-order valence-corrected chi connectivity index (χ2v) is 6.26. The number of carbonyl (C=O) groups is 1. The smallest absolute Gasteiger partial charge is 0.239 e. The van der Waals surface area contributed by atoms with Crippen LogP contribution in [0.4, 0.5) is 0 Å². The number of hydrogen-bond acceptors (Lipinski definition) is 3. The van der Waals surface area contributed by atoms with Gasteiger partial charge in [0.1, 0.15) is 6.04 Å². The molecule has 0 saturated carbocycles. The lowest BCUT2D eigenvalue weighted by atomic mass is 9.89. The lowest BCUT2D eigenvalue weighted by molar-refractivity contribution is -0.120. The van der Waals surface area contributed by atoms with Crippen molar-refractivity contribution in [2.45, 2.75) is 25.0 Å². The van der Waals surface area contributed by atoms with Crippen molar-refractivity contribution >= 4 is 5.91 Å². The van der Waals surface area contributed by atoms with Crippen LogP contribution >= 0.6 is 0 Å². The largest absolute Gasteiger partial charge is 0.373 e. The van der Waals surface area contributed by atoms with Gasteiger partial charge in [-0.3, -0.25) is 4.79 Å². The van der Waals surface area contributed by atoms with Crippen molar-refractivity contribution in [2.75, 3.05) is 13.2 Å². The molecule has 1 aliphatic heterocycles. The summed E-state index contributed by atoms with van der Waals surface area (Å²) in [6, 6.07) is 19.4. The van der Waals surface area contributed by atoms with Gasteiger partial charge in [0.05, 0.1) is 6.10 Å². The zero-order valence-corrected chi connectivity index (χ0v) is 13.7. The zero-order valence-electron chi connectivity index (χ0n) is 13.7. The fourth-order valence-electron chi connectivity index (χ4n) is 3.36. The van der Waals surface area contributed by atoms with E-state index >= 15 is 0 Å². The Labute approximate surface area is 143 Å². The topological polar surface area (TPSA) is 64.4 Å². The number of ether oxygens (including phenoxy) is 1. The summed E-state index contributed by atoms with van der Waals surface area (Å²) in [5, 5.41) is 3.35. The van der Waals surface area contributed by atoms with Crippen molar-refractivity contribution in [1.29, 1.82) is 0 Å². The van der Waals surface area contributed by atoms with Crippen LogP contribution in [0.1, 0.15) is 36.1 Å². The minimum Gasteiger partial charge on any atom is -0.373 e. The van der Waals surface area contributed by atoms with E-state index < -0.39 is 6.04 Å². The average molecular weight is 324 g/mol. The van der Waals surface area contributed by atoms with E-state index in [2.05, 4.69) is 17.4 Å². The first-order chi connectivity index (χ1) is 11.8. The van der Waals surface area contributed by atoms with E-state index in [4.69, 9.17) is 10.5 Å². The van der Waals surface area contributed by atoms with Gasteiger partial charge in [-0.1, -0.05) is 60.7 Å². The molecule has 126 valence electrons. The van der Waals surface area contributed by atoms with Crippen molar-refractivity contribution < 1.29 is 9.53 Å². The summed E-state index contributed by atoms with van der Waals surface area (Å²) in [5.74, 6) is -0.0269. The number of amides is 1. The van der Waals surface area contributed by atoms with Crippen LogP contribution in [0, 0.1) is 5.92 Å². The van der Waals surface area contributed by atoms with Crippen molar-refractivity contribution in [3.63, 3.8) is 0 Å². The minimum absolute atomic E-state index is 0.0664. The van der Waals surface area contributed by atoms with Gasteiger partial charge in [-0.05, 0) is 24.0 Å². The molecule has 2 aromatic rings. The van der Waals surface area contributed by atoms with Gasteiger partial charge < -0.3 is 15.8 Å². The van der Waals surface area contributed by atoms with E-state index in [0.29, 0.717) is 12.5 Å². The molecule has 3 rings (SSSR count). The van der Waals surface area contributed by atoms with Crippen molar-refractivity contribution in [2.24, 2.45) is 11.7 Å². The van der Waals surface area contributed by atoms with E-state index in [1.54, 1.807) is 0 Å². The number of benzene rings is 2. The standard InChI is InChI=1S/C20H24N2O2/c21-20(23)18(15-8-3-1-4-9-15)22-14-17-12-7-13-24-19(17)16-10-5-2-6-11-16/h1-6,8-11,17-19,22H,7,12-14H2,(H2,21,23)/t17-,18-,19+/m1/s1. The lowest BCUT2D eigenvalue weighted by Gasteiger charge is -2.33. The molecule has 1 heterocycles. The van der Waals surface area contributed by atoms with Crippen LogP contribution in [0.2, 0.25) is 0 Å². The number of nitrogens with two attached hydrogens (primary N) is 1. The van der Waals surface area contributed by atoms with Crippen molar-refractivity contribution in [3.8, 4) is 0 Å². The summed E-state index contributed by atoms with van der Waals surface area (Å²) in [7, 11) is 0. The van der Waals surface area contributed by atoms with Gasteiger partial charge in [-0.25, -0.2) is 0 Å². The Hall–Kier alpha value is -2.17. The Bertz CT molecular complexity index is 645. The molecule has 0 bridgehead atoms. The average Bonchev–Trinajstić information content (AvgIpc) is 2.64. The summed E-state index contributed by atoms with van der Waals surface area (Å²) < 4.78 is 6.02. The Balaban J connectivity index is 1.70. The van der Waals surface area contributed by atoms with E-state index in [9.17, 15) is 4.79 Å². The van der Waals surface area contributed by atoms with Gasteiger partial charge in [-0.15, -0.1) is 0 Å². The Morgan fingerprint density at radius 3 is 2.46 bits per heavy atom. The van der Waals surface area contributed by atoms with Crippen LogP contribution in [0.5, 0.6) is 0 Å². The Morgan fingerprint density at radius 1 is 1.12 bits per heavy atom. The second kappa shape index (κ2) is 8.08. The maximum absolute atomic E-state index is 11.9. The summed E-state index contributed by atoms with van der Waals surface area (Å²) in [5.41, 5.74) is 7.69. The number of carbonyl (C=O) groups excluding carboxylic acids is 1. The molecule has 0 radical (unpaired) electrons. The van der Waals surface area contributed by atoms with Crippen LogP contribution in [0.3, 0.4) is 0 Å². The molecule has 0 aromatic heterocycles. The maximum Gasteiger partial charge on any atom is 0.239 e. The predicted molar refractivity (Wildman–Crippen MR) is 94.2 cm³/mol. The molecule has 4 heteroatoms. The number of nitrogens with one attached hydrogen (secondary N) is 1. The highest BCUT2D eigenvalue weighted by Crippen LogP contribution is 2.33. The van der Waals surface area contributed by atoms with Gasteiger partial charge in [-0.2, -0.15) is 0 Å². The number of hydrogen-bond donors (Lipinski definition) is 2. The molecule has 4 nitrogen and oxygen atoms in total. The minimum atomic E-state index is -0.468. The molecular formula is C20H24N2O2. The maximum atomic E-state index is 11.9. The fourth-order valence-corrected chi connectivity index (χ4v) is 3.36. The molecule has 2 aromatic carbocycles. The summed E-state index contributed by atoms with van der Waals surface area (Å²) in [6.07, 6.45) is 2.19. The first-order valence-electron chi connectivity index (χ1n) is 8.50. The third kappa shape index (κ3) is 4.02. The van der Waals surface area contributed by atoms with Gasteiger partial charge in [0.2, 0.25) is 5.91 Å².